The van der Waals surface area contributed by atoms with E-state index in [4.69, 9.17) is 9.47 Å². The molecule has 2 atom stereocenters. The van der Waals surface area contributed by atoms with Crippen LogP contribution >= 0.6 is 0 Å². The Kier molecular flexibility index (Phi) is 5.71. The molecule has 0 radical (unpaired) electrons. The number of Topliss-reactive ketones (excluding diaryl/α,β-unsaturated/α-hetero) is 1. The fourth-order valence-electron chi connectivity index (χ4n) is 2.69. The van der Waals surface area contributed by atoms with Gasteiger partial charge in [0.05, 0.1) is 12.2 Å². The summed E-state index contributed by atoms with van der Waals surface area (Å²) in [6.45, 7) is 2.68. The van der Waals surface area contributed by atoms with Gasteiger partial charge in [-0.25, -0.2) is 0 Å². The van der Waals surface area contributed by atoms with Gasteiger partial charge in [0.15, 0.2) is 5.78 Å². The molecule has 0 aromatic heterocycles. The molecule has 1 aromatic carbocycles. The molecule has 1 saturated heterocycles. The van der Waals surface area contributed by atoms with E-state index in [-0.39, 0.29) is 18.0 Å². The van der Waals surface area contributed by atoms with Gasteiger partial charge in [-0.05, 0) is 13.0 Å². The molecule has 110 valence electrons. The molecule has 1 aliphatic rings. The summed E-state index contributed by atoms with van der Waals surface area (Å²) in [6, 6.07) is 9.48. The lowest BCUT2D eigenvalue weighted by Crippen LogP contribution is -2.27. The van der Waals surface area contributed by atoms with Crippen LogP contribution in [0.4, 0.5) is 0 Å². The molecule has 1 fully saturated rings. The van der Waals surface area contributed by atoms with Crippen LogP contribution in [0.5, 0.6) is 0 Å². The fraction of sp³-hybridized carbons (Fsp3) is 0.562. The Morgan fingerprint density at radius 3 is 2.30 bits per heavy atom. The van der Waals surface area contributed by atoms with Gasteiger partial charge in [-0.2, -0.15) is 0 Å². The standard InChI is InChI=1S/C16H23NO3/c1-19-15-11-17(12-16(15)20-2)10-6-9-14(18)13-7-4-3-5-8-13/h3-5,7-8,15-16H,6,9-12H2,1-2H3. The quantitative estimate of drug-likeness (QED) is 0.715. The first-order valence-electron chi connectivity index (χ1n) is 7.10. The minimum absolute atomic E-state index is 0.143. The number of ketones is 1. The zero-order valence-electron chi connectivity index (χ0n) is 12.2. The van der Waals surface area contributed by atoms with Gasteiger partial charge in [-0.15, -0.1) is 0 Å². The zero-order chi connectivity index (χ0) is 14.4. The lowest BCUT2D eigenvalue weighted by Gasteiger charge is -2.14. The molecule has 1 aromatic rings. The van der Waals surface area contributed by atoms with Crippen LogP contribution in [-0.4, -0.2) is 56.7 Å². The molecule has 2 unspecified atom stereocenters. The van der Waals surface area contributed by atoms with Crippen molar-refractivity contribution in [1.29, 1.82) is 0 Å². The second kappa shape index (κ2) is 7.53. The molecule has 4 heteroatoms. The lowest BCUT2D eigenvalue weighted by atomic mass is 10.1. The highest BCUT2D eigenvalue weighted by atomic mass is 16.5. The van der Waals surface area contributed by atoms with Crippen LogP contribution in [0.2, 0.25) is 0 Å². The highest BCUT2D eigenvalue weighted by molar-refractivity contribution is 5.95. The van der Waals surface area contributed by atoms with E-state index >= 15 is 0 Å². The van der Waals surface area contributed by atoms with Crippen LogP contribution in [0.3, 0.4) is 0 Å². The summed E-state index contributed by atoms with van der Waals surface area (Å²) in [5, 5.41) is 0. The van der Waals surface area contributed by atoms with Crippen molar-refractivity contribution in [2.75, 3.05) is 33.9 Å². The maximum absolute atomic E-state index is 12.0. The minimum atomic E-state index is 0.143. The van der Waals surface area contributed by atoms with Crippen molar-refractivity contribution in [1.82, 2.24) is 4.90 Å². The molecular formula is C16H23NO3. The van der Waals surface area contributed by atoms with E-state index in [2.05, 4.69) is 4.90 Å². The van der Waals surface area contributed by atoms with Crippen LogP contribution < -0.4 is 0 Å². The zero-order valence-corrected chi connectivity index (χ0v) is 12.2. The Morgan fingerprint density at radius 2 is 1.75 bits per heavy atom. The summed E-state index contributed by atoms with van der Waals surface area (Å²) in [5.74, 6) is 0.219. The van der Waals surface area contributed by atoms with Gasteiger partial charge >= 0.3 is 0 Å². The number of likely N-dealkylation sites (tertiary alicyclic amines) is 1. The molecule has 1 aliphatic heterocycles. The van der Waals surface area contributed by atoms with Gasteiger partial charge in [0.25, 0.3) is 0 Å². The molecule has 1 heterocycles. The Hall–Kier alpha value is -1.23. The second-order valence-electron chi connectivity index (χ2n) is 5.20. The van der Waals surface area contributed by atoms with Gasteiger partial charge in [-0.1, -0.05) is 30.3 Å². The second-order valence-corrected chi connectivity index (χ2v) is 5.20. The third kappa shape index (κ3) is 3.88. The van der Waals surface area contributed by atoms with Crippen molar-refractivity contribution in [3.8, 4) is 0 Å². The molecule has 0 amide bonds. The van der Waals surface area contributed by atoms with Crippen molar-refractivity contribution in [3.05, 3.63) is 35.9 Å². The fourth-order valence-corrected chi connectivity index (χ4v) is 2.69. The van der Waals surface area contributed by atoms with Crippen LogP contribution in [0.1, 0.15) is 23.2 Å². The first-order valence-corrected chi connectivity index (χ1v) is 7.10. The number of methoxy groups -OCH3 is 2. The number of carbonyl (C=O) groups excluding carboxylic acids is 1. The maximum atomic E-state index is 12.0. The summed E-state index contributed by atoms with van der Waals surface area (Å²) in [4.78, 5) is 14.3. The van der Waals surface area contributed by atoms with E-state index in [1.165, 1.54) is 0 Å². The number of nitrogens with zero attached hydrogens (tertiary/aromatic N) is 1. The topological polar surface area (TPSA) is 38.8 Å². The molecule has 20 heavy (non-hydrogen) atoms. The van der Waals surface area contributed by atoms with E-state index in [9.17, 15) is 4.79 Å². The molecule has 0 aliphatic carbocycles. The van der Waals surface area contributed by atoms with Crippen molar-refractivity contribution < 1.29 is 14.3 Å². The maximum Gasteiger partial charge on any atom is 0.162 e. The third-order valence-electron chi connectivity index (χ3n) is 3.87. The normalized spacial score (nSPS) is 23.1. The van der Waals surface area contributed by atoms with Crippen molar-refractivity contribution in [3.63, 3.8) is 0 Å². The van der Waals surface area contributed by atoms with Gasteiger partial charge in [0.1, 0.15) is 0 Å². The number of hydrogen-bond donors (Lipinski definition) is 0. The van der Waals surface area contributed by atoms with E-state index in [0.717, 1.165) is 31.6 Å². The Bertz CT molecular complexity index is 409. The van der Waals surface area contributed by atoms with Crippen molar-refractivity contribution >= 4 is 5.78 Å². The van der Waals surface area contributed by atoms with Crippen molar-refractivity contribution in [2.24, 2.45) is 0 Å². The smallest absolute Gasteiger partial charge is 0.162 e. The molecular weight excluding hydrogens is 254 g/mol. The van der Waals surface area contributed by atoms with Crippen LogP contribution in [-0.2, 0) is 9.47 Å². The van der Waals surface area contributed by atoms with E-state index in [1.54, 1.807) is 14.2 Å². The first kappa shape index (κ1) is 15.2. The number of carbonyl (C=O) groups is 1. The van der Waals surface area contributed by atoms with Gasteiger partial charge in [-0.3, -0.25) is 9.69 Å². The monoisotopic (exact) mass is 277 g/mol. The van der Waals surface area contributed by atoms with Crippen molar-refractivity contribution in [2.45, 2.75) is 25.0 Å². The van der Waals surface area contributed by atoms with Crippen LogP contribution in [0.25, 0.3) is 0 Å². The highest BCUT2D eigenvalue weighted by Gasteiger charge is 2.32. The lowest BCUT2D eigenvalue weighted by molar-refractivity contribution is -0.00461. The molecule has 0 saturated carbocycles. The molecule has 0 bridgehead atoms. The summed E-state index contributed by atoms with van der Waals surface area (Å²) in [7, 11) is 3.44. The SMILES string of the molecule is COC1CN(CCCC(=O)c2ccccc2)CC1OC. The van der Waals surface area contributed by atoms with E-state index in [1.807, 2.05) is 30.3 Å². The Morgan fingerprint density at radius 1 is 1.15 bits per heavy atom. The van der Waals surface area contributed by atoms with Gasteiger partial charge in [0.2, 0.25) is 0 Å². The first-order chi connectivity index (χ1) is 9.74. The Balaban J connectivity index is 1.73. The molecule has 0 spiro atoms. The van der Waals surface area contributed by atoms with Gasteiger partial charge in [0, 0.05) is 39.3 Å². The molecule has 2 rings (SSSR count). The summed E-state index contributed by atoms with van der Waals surface area (Å²) < 4.78 is 10.8. The number of ether oxygens (including phenoxy) is 2. The summed E-state index contributed by atoms with van der Waals surface area (Å²) >= 11 is 0. The summed E-state index contributed by atoms with van der Waals surface area (Å²) in [5.41, 5.74) is 0.804. The average molecular weight is 277 g/mol. The average Bonchev–Trinajstić information content (AvgIpc) is 2.90. The third-order valence-corrected chi connectivity index (χ3v) is 3.87. The van der Waals surface area contributed by atoms with E-state index < -0.39 is 0 Å². The minimum Gasteiger partial charge on any atom is -0.377 e. The Labute approximate surface area is 120 Å². The predicted molar refractivity (Wildman–Crippen MR) is 78.0 cm³/mol. The van der Waals surface area contributed by atoms with Crippen LogP contribution in [0, 0.1) is 0 Å². The highest BCUT2D eigenvalue weighted by Crippen LogP contribution is 2.16. The molecule has 4 nitrogen and oxygen atoms in total. The number of benzene rings is 1. The summed E-state index contributed by atoms with van der Waals surface area (Å²) in [6.07, 6.45) is 1.76. The van der Waals surface area contributed by atoms with E-state index in [0.29, 0.717) is 6.42 Å². The number of hydrogen-bond acceptors (Lipinski definition) is 4. The van der Waals surface area contributed by atoms with Gasteiger partial charge < -0.3 is 9.47 Å². The number of rotatable bonds is 7. The van der Waals surface area contributed by atoms with Crippen LogP contribution in [0.15, 0.2) is 30.3 Å². The predicted octanol–water partition coefficient (Wildman–Crippen LogP) is 2.00. The molecule has 0 N–H and O–H groups in total. The largest absolute Gasteiger partial charge is 0.377 e.